The topological polar surface area (TPSA) is 69.6 Å². The molecule has 0 amide bonds. The maximum atomic E-state index is 5.65. The number of benzene rings is 1. The molecule has 0 spiro atoms. The Kier molecular flexibility index (Phi) is 2.04. The van der Waals surface area contributed by atoms with Gasteiger partial charge in [-0.15, -0.1) is 0 Å². The summed E-state index contributed by atoms with van der Waals surface area (Å²) in [5.74, 6) is 0.954. The maximum Gasteiger partial charge on any atom is 0.222 e. The van der Waals surface area contributed by atoms with Gasteiger partial charge in [0.05, 0.1) is 11.7 Å². The van der Waals surface area contributed by atoms with Crippen molar-refractivity contribution in [3.8, 4) is 5.82 Å². The Bertz CT molecular complexity index is 666. The number of aryl methyl sites for hydroxylation is 1. The molecule has 1 aromatic carbocycles. The third kappa shape index (κ3) is 1.61. The van der Waals surface area contributed by atoms with Crippen molar-refractivity contribution < 1.29 is 0 Å². The van der Waals surface area contributed by atoms with Crippen LogP contribution >= 0.6 is 0 Å². The number of fused-ring (bicyclic) bond motifs is 1. The molecular weight excluding hydrogens is 214 g/mol. The first-order valence-electron chi connectivity index (χ1n) is 5.28. The minimum atomic E-state index is 0.264. The molecule has 0 aliphatic carbocycles. The minimum absolute atomic E-state index is 0.264. The predicted octanol–water partition coefficient (Wildman–Crippen LogP) is 1.71. The normalized spacial score (nSPS) is 10.9. The second-order valence-electron chi connectivity index (χ2n) is 3.84. The van der Waals surface area contributed by atoms with Crippen LogP contribution < -0.4 is 5.73 Å². The number of para-hydroxylation sites is 1. The summed E-state index contributed by atoms with van der Waals surface area (Å²) in [6.07, 6.45) is 1.81. The van der Waals surface area contributed by atoms with E-state index in [0.717, 1.165) is 16.6 Å². The zero-order valence-electron chi connectivity index (χ0n) is 9.33. The van der Waals surface area contributed by atoms with Crippen LogP contribution in [0.2, 0.25) is 0 Å². The van der Waals surface area contributed by atoms with E-state index in [1.807, 2.05) is 43.5 Å². The number of hydrogen-bond acceptors (Lipinski definition) is 4. The highest BCUT2D eigenvalue weighted by Gasteiger charge is 2.06. The molecular formula is C12H11N5. The van der Waals surface area contributed by atoms with Crippen LogP contribution in [0.25, 0.3) is 16.7 Å². The molecule has 0 bridgehead atoms. The van der Waals surface area contributed by atoms with Gasteiger partial charge in [0, 0.05) is 17.1 Å². The molecule has 0 saturated carbocycles. The summed E-state index contributed by atoms with van der Waals surface area (Å²) in [7, 11) is 0. The lowest BCUT2D eigenvalue weighted by atomic mass is 10.2. The van der Waals surface area contributed by atoms with Crippen LogP contribution in [0.15, 0.2) is 36.5 Å². The number of nitrogens with zero attached hydrogens (tertiary/aromatic N) is 4. The molecule has 2 aromatic heterocycles. The highest BCUT2D eigenvalue weighted by Crippen LogP contribution is 2.17. The van der Waals surface area contributed by atoms with Gasteiger partial charge in [0.25, 0.3) is 0 Å². The molecule has 0 aliphatic heterocycles. The Balaban J connectivity index is 2.27. The zero-order valence-corrected chi connectivity index (χ0v) is 9.33. The van der Waals surface area contributed by atoms with Crippen molar-refractivity contribution >= 4 is 16.9 Å². The third-order valence-corrected chi connectivity index (χ3v) is 2.55. The van der Waals surface area contributed by atoms with Crippen molar-refractivity contribution in [2.75, 3.05) is 5.73 Å². The van der Waals surface area contributed by atoms with E-state index in [9.17, 15) is 0 Å². The van der Waals surface area contributed by atoms with Crippen LogP contribution in [0, 0.1) is 6.92 Å². The lowest BCUT2D eigenvalue weighted by Gasteiger charge is -2.04. The Morgan fingerprint density at radius 2 is 2.00 bits per heavy atom. The molecule has 5 heteroatoms. The van der Waals surface area contributed by atoms with Crippen LogP contribution in [0.3, 0.4) is 0 Å². The van der Waals surface area contributed by atoms with Gasteiger partial charge in [-0.3, -0.25) is 0 Å². The number of anilines is 1. The predicted molar refractivity (Wildman–Crippen MR) is 65.8 cm³/mol. The van der Waals surface area contributed by atoms with Gasteiger partial charge in [-0.1, -0.05) is 18.2 Å². The Morgan fingerprint density at radius 3 is 2.82 bits per heavy atom. The van der Waals surface area contributed by atoms with E-state index in [4.69, 9.17) is 5.73 Å². The molecule has 5 nitrogen and oxygen atoms in total. The molecule has 17 heavy (non-hydrogen) atoms. The Morgan fingerprint density at radius 1 is 1.18 bits per heavy atom. The first kappa shape index (κ1) is 9.77. The number of aromatic nitrogens is 4. The van der Waals surface area contributed by atoms with Crippen LogP contribution in [-0.2, 0) is 0 Å². The second kappa shape index (κ2) is 3.55. The van der Waals surface area contributed by atoms with Crippen molar-refractivity contribution in [2.24, 2.45) is 0 Å². The summed E-state index contributed by atoms with van der Waals surface area (Å²) < 4.78 is 1.76. The minimum Gasteiger partial charge on any atom is -0.368 e. The second-order valence-corrected chi connectivity index (χ2v) is 3.84. The summed E-state index contributed by atoms with van der Waals surface area (Å²) in [5, 5.41) is 5.39. The Hall–Kier alpha value is -2.43. The summed E-state index contributed by atoms with van der Waals surface area (Å²) in [6.45, 7) is 1.88. The highest BCUT2D eigenvalue weighted by molar-refractivity contribution is 5.79. The number of rotatable bonds is 1. The summed E-state index contributed by atoms with van der Waals surface area (Å²) in [4.78, 5) is 8.24. The summed E-state index contributed by atoms with van der Waals surface area (Å²) >= 11 is 0. The molecule has 2 heterocycles. The molecule has 2 N–H and O–H groups in total. The van der Waals surface area contributed by atoms with Gasteiger partial charge >= 0.3 is 0 Å². The molecule has 0 fully saturated rings. The van der Waals surface area contributed by atoms with Crippen LogP contribution in [-0.4, -0.2) is 19.7 Å². The van der Waals surface area contributed by atoms with E-state index in [1.54, 1.807) is 4.68 Å². The first-order valence-corrected chi connectivity index (χ1v) is 5.28. The molecule has 0 saturated heterocycles. The summed E-state index contributed by atoms with van der Waals surface area (Å²) in [6, 6.07) is 9.81. The Labute approximate surface area is 97.9 Å². The highest BCUT2D eigenvalue weighted by atomic mass is 15.3. The molecule has 0 atom stereocenters. The fourth-order valence-electron chi connectivity index (χ4n) is 1.84. The van der Waals surface area contributed by atoms with Crippen molar-refractivity contribution in [1.82, 2.24) is 19.7 Å². The lowest BCUT2D eigenvalue weighted by Crippen LogP contribution is -2.04. The average molecular weight is 225 g/mol. The van der Waals surface area contributed by atoms with E-state index in [1.165, 1.54) is 0 Å². The van der Waals surface area contributed by atoms with Crippen LogP contribution in [0.1, 0.15) is 5.69 Å². The molecule has 3 aromatic rings. The zero-order chi connectivity index (χ0) is 11.8. The van der Waals surface area contributed by atoms with Crippen LogP contribution in [0.4, 0.5) is 5.95 Å². The number of hydrogen-bond donors (Lipinski definition) is 1. The van der Waals surface area contributed by atoms with Crippen molar-refractivity contribution in [2.45, 2.75) is 6.92 Å². The van der Waals surface area contributed by atoms with Crippen LogP contribution in [0.5, 0.6) is 0 Å². The van der Waals surface area contributed by atoms with Crippen molar-refractivity contribution in [3.63, 3.8) is 0 Å². The standard InChI is InChI=1S/C12H11N5/c1-8-6-11(16-12(13)15-8)17-10-5-3-2-4-9(10)7-14-17/h2-7H,1H3,(H2,13,15,16). The molecule has 0 radical (unpaired) electrons. The van der Waals surface area contributed by atoms with Gasteiger partial charge in [-0.25, -0.2) is 9.67 Å². The number of nitrogens with two attached hydrogens (primary N) is 1. The van der Waals surface area contributed by atoms with Gasteiger partial charge in [-0.2, -0.15) is 10.1 Å². The summed E-state index contributed by atoms with van der Waals surface area (Å²) in [5.41, 5.74) is 7.48. The van der Waals surface area contributed by atoms with Gasteiger partial charge in [-0.05, 0) is 13.0 Å². The average Bonchev–Trinajstić information content (AvgIpc) is 2.71. The molecule has 3 rings (SSSR count). The van der Waals surface area contributed by atoms with Crippen molar-refractivity contribution in [1.29, 1.82) is 0 Å². The van der Waals surface area contributed by atoms with E-state index in [0.29, 0.717) is 5.82 Å². The van der Waals surface area contributed by atoms with Gasteiger partial charge in [0.2, 0.25) is 5.95 Å². The number of nitrogen functional groups attached to an aromatic ring is 1. The van der Waals surface area contributed by atoms with E-state index < -0.39 is 0 Å². The smallest absolute Gasteiger partial charge is 0.222 e. The van der Waals surface area contributed by atoms with E-state index in [-0.39, 0.29) is 5.95 Å². The third-order valence-electron chi connectivity index (χ3n) is 2.55. The quantitative estimate of drug-likeness (QED) is 0.684. The maximum absolute atomic E-state index is 5.65. The fraction of sp³-hybridized carbons (Fsp3) is 0.0833. The lowest BCUT2D eigenvalue weighted by molar-refractivity contribution is 0.864. The molecule has 84 valence electrons. The SMILES string of the molecule is Cc1cc(-n2ncc3ccccc32)nc(N)n1. The monoisotopic (exact) mass is 225 g/mol. The molecule has 0 aliphatic rings. The van der Waals surface area contributed by atoms with Gasteiger partial charge in [0.15, 0.2) is 5.82 Å². The molecule has 0 unspecified atom stereocenters. The van der Waals surface area contributed by atoms with Gasteiger partial charge < -0.3 is 5.73 Å². The van der Waals surface area contributed by atoms with E-state index in [2.05, 4.69) is 15.1 Å². The van der Waals surface area contributed by atoms with Gasteiger partial charge in [0.1, 0.15) is 0 Å². The van der Waals surface area contributed by atoms with E-state index >= 15 is 0 Å². The van der Waals surface area contributed by atoms with Crippen molar-refractivity contribution in [3.05, 3.63) is 42.2 Å². The largest absolute Gasteiger partial charge is 0.368 e. The fourth-order valence-corrected chi connectivity index (χ4v) is 1.84. The first-order chi connectivity index (χ1) is 8.24.